The zero-order chi connectivity index (χ0) is 23.4. The van der Waals surface area contributed by atoms with Gasteiger partial charge in [-0.25, -0.2) is 0 Å². The quantitative estimate of drug-likeness (QED) is 0.524. The van der Waals surface area contributed by atoms with E-state index in [0.29, 0.717) is 28.3 Å². The van der Waals surface area contributed by atoms with Crippen molar-refractivity contribution in [1.29, 1.82) is 0 Å². The first kappa shape index (κ1) is 22.4. The van der Waals surface area contributed by atoms with Crippen LogP contribution in [0.4, 0.5) is 24.5 Å². The Labute approximate surface area is 189 Å². The third-order valence-electron chi connectivity index (χ3n) is 5.85. The minimum absolute atomic E-state index is 0.140. The Morgan fingerprint density at radius 2 is 1.78 bits per heavy atom. The molecule has 1 unspecified atom stereocenters. The summed E-state index contributed by atoms with van der Waals surface area (Å²) in [5.74, 6) is -0.530. The third kappa shape index (κ3) is 4.01. The molecule has 0 fully saturated rings. The van der Waals surface area contributed by atoms with Gasteiger partial charge in [-0.1, -0.05) is 37.6 Å². The van der Waals surface area contributed by atoms with Crippen LogP contribution in [0.2, 0.25) is 5.02 Å². The SMILES string of the molecule is CC(=O)N1c2ccc(C(F)(F)F)cc2NC2=C(C(=O)CC(C)(C)C2)C1c1ccc(Cl)cc1. The second kappa shape index (κ2) is 7.66. The van der Waals surface area contributed by atoms with E-state index in [0.717, 1.165) is 12.1 Å². The van der Waals surface area contributed by atoms with Gasteiger partial charge in [-0.05, 0) is 47.7 Å². The van der Waals surface area contributed by atoms with Crippen LogP contribution in [-0.4, -0.2) is 11.7 Å². The Hall–Kier alpha value is -2.80. The minimum Gasteiger partial charge on any atom is -0.357 e. The molecule has 1 aliphatic heterocycles. The summed E-state index contributed by atoms with van der Waals surface area (Å²) in [6.07, 6.45) is -3.81. The van der Waals surface area contributed by atoms with Gasteiger partial charge in [-0.2, -0.15) is 13.2 Å². The standard InChI is InChI=1S/C24H22ClF3N2O2/c1-13(31)30-19-9-6-15(24(26,27)28)10-17(19)29-18-11-23(2,3)12-20(32)21(18)22(30)14-4-7-16(25)8-5-14/h4-10,22,29H,11-12H2,1-3H3. The molecule has 0 saturated heterocycles. The van der Waals surface area contributed by atoms with Crippen molar-refractivity contribution in [2.24, 2.45) is 5.41 Å². The highest BCUT2D eigenvalue weighted by molar-refractivity contribution is 6.30. The number of benzene rings is 2. The van der Waals surface area contributed by atoms with Crippen LogP contribution in [0.1, 0.15) is 50.8 Å². The number of allylic oxidation sites excluding steroid dienone is 1. The van der Waals surface area contributed by atoms with E-state index in [-0.39, 0.29) is 34.9 Å². The van der Waals surface area contributed by atoms with Crippen LogP contribution in [-0.2, 0) is 15.8 Å². The van der Waals surface area contributed by atoms with Gasteiger partial charge in [0, 0.05) is 29.6 Å². The molecule has 0 bridgehead atoms. The first-order valence-electron chi connectivity index (χ1n) is 10.2. The smallest absolute Gasteiger partial charge is 0.357 e. The van der Waals surface area contributed by atoms with E-state index in [1.165, 1.54) is 17.9 Å². The number of ketones is 1. The molecule has 1 amide bonds. The molecule has 0 radical (unpaired) electrons. The molecule has 1 atom stereocenters. The molecule has 168 valence electrons. The van der Waals surface area contributed by atoms with Gasteiger partial charge in [-0.15, -0.1) is 0 Å². The monoisotopic (exact) mass is 462 g/mol. The molecule has 32 heavy (non-hydrogen) atoms. The normalized spacial score (nSPS) is 20.3. The number of nitrogens with zero attached hydrogens (tertiary/aromatic N) is 1. The van der Waals surface area contributed by atoms with Gasteiger partial charge in [-0.3, -0.25) is 14.5 Å². The van der Waals surface area contributed by atoms with E-state index >= 15 is 0 Å². The number of carbonyl (C=O) groups is 2. The average Bonchev–Trinajstić information content (AvgIpc) is 2.80. The molecule has 4 nitrogen and oxygen atoms in total. The number of hydrogen-bond donors (Lipinski definition) is 1. The number of anilines is 2. The molecule has 4 rings (SSSR count). The molecule has 0 saturated carbocycles. The summed E-state index contributed by atoms with van der Waals surface area (Å²) < 4.78 is 40.3. The lowest BCUT2D eigenvalue weighted by Crippen LogP contribution is -2.38. The summed E-state index contributed by atoms with van der Waals surface area (Å²) in [5, 5.41) is 3.59. The third-order valence-corrected chi connectivity index (χ3v) is 6.10. The van der Waals surface area contributed by atoms with Crippen LogP contribution in [0.15, 0.2) is 53.7 Å². The average molecular weight is 463 g/mol. The number of carbonyl (C=O) groups excluding carboxylic acids is 2. The Morgan fingerprint density at radius 3 is 2.38 bits per heavy atom. The molecule has 0 spiro atoms. The van der Waals surface area contributed by atoms with E-state index in [1.807, 2.05) is 13.8 Å². The summed E-state index contributed by atoms with van der Waals surface area (Å²) in [6.45, 7) is 5.22. The number of alkyl halides is 3. The number of fused-ring (bicyclic) bond motifs is 1. The van der Waals surface area contributed by atoms with Crippen molar-refractivity contribution < 1.29 is 22.8 Å². The molecular weight excluding hydrogens is 441 g/mol. The molecule has 2 aromatic carbocycles. The van der Waals surface area contributed by atoms with Crippen molar-refractivity contribution in [1.82, 2.24) is 0 Å². The zero-order valence-corrected chi connectivity index (χ0v) is 18.6. The van der Waals surface area contributed by atoms with Crippen LogP contribution >= 0.6 is 11.6 Å². The van der Waals surface area contributed by atoms with Gasteiger partial charge >= 0.3 is 6.18 Å². The van der Waals surface area contributed by atoms with Crippen molar-refractivity contribution in [3.63, 3.8) is 0 Å². The van der Waals surface area contributed by atoms with Gasteiger partial charge in [0.15, 0.2) is 5.78 Å². The highest BCUT2D eigenvalue weighted by atomic mass is 35.5. The summed E-state index contributed by atoms with van der Waals surface area (Å²) in [7, 11) is 0. The Balaban J connectivity index is 2.01. The lowest BCUT2D eigenvalue weighted by molar-refractivity contribution is -0.137. The van der Waals surface area contributed by atoms with Gasteiger partial charge < -0.3 is 5.32 Å². The minimum atomic E-state index is -4.54. The van der Waals surface area contributed by atoms with Gasteiger partial charge in [0.25, 0.3) is 0 Å². The van der Waals surface area contributed by atoms with Gasteiger partial charge in [0.2, 0.25) is 5.91 Å². The van der Waals surface area contributed by atoms with Crippen LogP contribution in [0.5, 0.6) is 0 Å². The van der Waals surface area contributed by atoms with Crippen molar-refractivity contribution in [2.45, 2.75) is 45.8 Å². The molecule has 1 N–H and O–H groups in total. The number of Topliss-reactive ketones (excluding diaryl/α,β-unsaturated/α-hetero) is 1. The van der Waals surface area contributed by atoms with Gasteiger partial charge in [0.1, 0.15) is 0 Å². The summed E-state index contributed by atoms with van der Waals surface area (Å²) in [4.78, 5) is 27.6. The van der Waals surface area contributed by atoms with Crippen molar-refractivity contribution in [3.8, 4) is 0 Å². The molecule has 1 heterocycles. The Kier molecular flexibility index (Phi) is 5.36. The van der Waals surface area contributed by atoms with Crippen LogP contribution in [0, 0.1) is 5.41 Å². The van der Waals surface area contributed by atoms with E-state index in [2.05, 4.69) is 5.32 Å². The van der Waals surface area contributed by atoms with Gasteiger partial charge in [0.05, 0.1) is 23.0 Å². The van der Waals surface area contributed by atoms with Crippen molar-refractivity contribution >= 4 is 34.7 Å². The van der Waals surface area contributed by atoms with E-state index in [4.69, 9.17) is 11.6 Å². The van der Waals surface area contributed by atoms with Crippen LogP contribution < -0.4 is 10.2 Å². The first-order valence-corrected chi connectivity index (χ1v) is 10.5. The first-order chi connectivity index (χ1) is 14.9. The van der Waals surface area contributed by atoms with Crippen LogP contribution in [0.3, 0.4) is 0 Å². The lowest BCUT2D eigenvalue weighted by Gasteiger charge is -2.36. The summed E-state index contributed by atoms with van der Waals surface area (Å²) in [6, 6.07) is 9.23. The number of nitrogens with one attached hydrogen (secondary N) is 1. The second-order valence-electron chi connectivity index (χ2n) is 9.03. The number of rotatable bonds is 1. The van der Waals surface area contributed by atoms with E-state index in [9.17, 15) is 22.8 Å². The molecule has 2 aliphatic rings. The van der Waals surface area contributed by atoms with Crippen LogP contribution in [0.25, 0.3) is 0 Å². The number of halogens is 4. The highest BCUT2D eigenvalue weighted by Crippen LogP contribution is 2.49. The maximum Gasteiger partial charge on any atom is 0.416 e. The zero-order valence-electron chi connectivity index (χ0n) is 17.8. The summed E-state index contributed by atoms with van der Waals surface area (Å²) in [5.41, 5.74) is 0.804. The van der Waals surface area contributed by atoms with E-state index in [1.54, 1.807) is 24.3 Å². The highest BCUT2D eigenvalue weighted by Gasteiger charge is 2.43. The van der Waals surface area contributed by atoms with Crippen molar-refractivity contribution in [2.75, 3.05) is 10.2 Å². The van der Waals surface area contributed by atoms with E-state index < -0.39 is 17.8 Å². The molecule has 0 aromatic heterocycles. The number of amides is 1. The Morgan fingerprint density at radius 1 is 1.12 bits per heavy atom. The second-order valence-corrected chi connectivity index (χ2v) is 9.47. The number of hydrogen-bond acceptors (Lipinski definition) is 3. The topological polar surface area (TPSA) is 49.4 Å². The fourth-order valence-corrected chi connectivity index (χ4v) is 4.66. The maximum atomic E-state index is 13.4. The predicted molar refractivity (Wildman–Crippen MR) is 117 cm³/mol. The molecular formula is C24H22ClF3N2O2. The predicted octanol–water partition coefficient (Wildman–Crippen LogP) is 6.52. The molecule has 2 aromatic rings. The largest absolute Gasteiger partial charge is 0.416 e. The fraction of sp³-hybridized carbons (Fsp3) is 0.333. The van der Waals surface area contributed by atoms with Crippen molar-refractivity contribution in [3.05, 3.63) is 69.9 Å². The molecule has 8 heteroatoms. The maximum absolute atomic E-state index is 13.4. The molecule has 1 aliphatic carbocycles. The fourth-order valence-electron chi connectivity index (χ4n) is 4.53. The lowest BCUT2D eigenvalue weighted by atomic mass is 9.73. The summed E-state index contributed by atoms with van der Waals surface area (Å²) >= 11 is 6.05. The Bertz CT molecular complexity index is 1140.